The van der Waals surface area contributed by atoms with Crippen LogP contribution in [0.1, 0.15) is 105 Å². The van der Waals surface area contributed by atoms with Gasteiger partial charge in [0.15, 0.2) is 0 Å². The molecular formula is C19H38N4. The predicted octanol–water partition coefficient (Wildman–Crippen LogP) is 5.43. The molecule has 0 aromatic heterocycles. The lowest BCUT2D eigenvalue weighted by Crippen LogP contribution is -2.47. The van der Waals surface area contributed by atoms with E-state index in [1.54, 1.807) is 5.01 Å². The summed E-state index contributed by atoms with van der Waals surface area (Å²) in [4.78, 5) is 9.50. The molecule has 0 amide bonds. The Labute approximate surface area is 143 Å². The van der Waals surface area contributed by atoms with E-state index in [4.69, 9.17) is 15.8 Å². The van der Waals surface area contributed by atoms with Crippen molar-refractivity contribution in [2.45, 2.75) is 110 Å². The van der Waals surface area contributed by atoms with Gasteiger partial charge in [-0.3, -0.25) is 5.01 Å². The van der Waals surface area contributed by atoms with Crippen LogP contribution >= 0.6 is 0 Å². The standard InChI is InChI=1S/C19H38N4/c1-5-7-9-11-13-15-17-21-19(3,4)22-18(23(17)20)16-14-12-10-8-6-2/h5-16,20H2,1-4H3. The van der Waals surface area contributed by atoms with Crippen molar-refractivity contribution in [3.63, 3.8) is 0 Å². The number of rotatable bonds is 12. The van der Waals surface area contributed by atoms with E-state index in [0.717, 1.165) is 24.5 Å². The van der Waals surface area contributed by atoms with Gasteiger partial charge in [0.1, 0.15) is 17.3 Å². The second-order valence-electron chi connectivity index (χ2n) is 7.25. The number of hydrazine groups is 1. The largest absolute Gasteiger partial charge is 0.253 e. The molecule has 4 nitrogen and oxygen atoms in total. The number of nitrogens with zero attached hydrogens (tertiary/aromatic N) is 3. The van der Waals surface area contributed by atoms with Crippen molar-refractivity contribution in [2.24, 2.45) is 15.8 Å². The van der Waals surface area contributed by atoms with Crippen LogP contribution in [0.15, 0.2) is 9.98 Å². The zero-order chi connectivity index (χ0) is 17.1. The van der Waals surface area contributed by atoms with Crippen molar-refractivity contribution in [1.29, 1.82) is 0 Å². The van der Waals surface area contributed by atoms with Gasteiger partial charge in [0.25, 0.3) is 0 Å². The highest BCUT2D eigenvalue weighted by Crippen LogP contribution is 2.22. The summed E-state index contributed by atoms with van der Waals surface area (Å²) >= 11 is 0. The first kappa shape index (κ1) is 20.1. The summed E-state index contributed by atoms with van der Waals surface area (Å²) in [6.45, 7) is 8.65. The number of unbranched alkanes of at least 4 members (excludes halogenated alkanes) is 8. The lowest BCUT2D eigenvalue weighted by molar-refractivity contribution is 0.470. The van der Waals surface area contributed by atoms with Gasteiger partial charge in [-0.15, -0.1) is 0 Å². The third-order valence-electron chi connectivity index (χ3n) is 4.37. The highest BCUT2D eigenvalue weighted by molar-refractivity contribution is 6.01. The monoisotopic (exact) mass is 322 g/mol. The second kappa shape index (κ2) is 10.8. The van der Waals surface area contributed by atoms with Crippen molar-refractivity contribution in [1.82, 2.24) is 5.01 Å². The fraction of sp³-hybridized carbons (Fsp3) is 0.895. The Morgan fingerprint density at radius 2 is 1.13 bits per heavy atom. The van der Waals surface area contributed by atoms with Crippen LogP contribution in [-0.4, -0.2) is 22.3 Å². The Hall–Kier alpha value is -0.900. The van der Waals surface area contributed by atoms with Gasteiger partial charge in [-0.2, -0.15) is 0 Å². The molecule has 0 aromatic carbocycles. The molecule has 0 atom stereocenters. The normalized spacial score (nSPS) is 17.2. The highest BCUT2D eigenvalue weighted by Gasteiger charge is 2.26. The van der Waals surface area contributed by atoms with Crippen LogP contribution in [-0.2, 0) is 0 Å². The van der Waals surface area contributed by atoms with E-state index in [1.165, 1.54) is 64.2 Å². The minimum atomic E-state index is -0.354. The maximum Gasteiger partial charge on any atom is 0.148 e. The molecular weight excluding hydrogens is 284 g/mol. The minimum absolute atomic E-state index is 0.354. The van der Waals surface area contributed by atoms with E-state index >= 15 is 0 Å². The number of amidine groups is 2. The molecule has 0 saturated heterocycles. The molecule has 1 heterocycles. The Morgan fingerprint density at radius 3 is 1.52 bits per heavy atom. The van der Waals surface area contributed by atoms with Crippen LogP contribution in [0.3, 0.4) is 0 Å². The molecule has 0 bridgehead atoms. The molecule has 0 aliphatic carbocycles. The second-order valence-corrected chi connectivity index (χ2v) is 7.25. The molecule has 0 aromatic rings. The van der Waals surface area contributed by atoms with Crippen molar-refractivity contribution in [3.8, 4) is 0 Å². The lowest BCUT2D eigenvalue weighted by atomic mass is 10.1. The average Bonchev–Trinajstić information content (AvgIpc) is 2.50. The van der Waals surface area contributed by atoms with Crippen LogP contribution in [0, 0.1) is 0 Å². The van der Waals surface area contributed by atoms with Crippen molar-refractivity contribution < 1.29 is 0 Å². The molecule has 23 heavy (non-hydrogen) atoms. The number of hydrogen-bond acceptors (Lipinski definition) is 4. The molecule has 2 N–H and O–H groups in total. The zero-order valence-electron chi connectivity index (χ0n) is 15.9. The van der Waals surface area contributed by atoms with Gasteiger partial charge in [0, 0.05) is 12.8 Å². The van der Waals surface area contributed by atoms with Crippen LogP contribution in [0.25, 0.3) is 0 Å². The van der Waals surface area contributed by atoms with Crippen LogP contribution in [0.5, 0.6) is 0 Å². The van der Waals surface area contributed by atoms with Crippen LogP contribution in [0.4, 0.5) is 0 Å². The first-order valence-corrected chi connectivity index (χ1v) is 9.72. The van der Waals surface area contributed by atoms with E-state index in [1.807, 2.05) is 0 Å². The SMILES string of the molecule is CCCCCCCC1=NC(C)(C)N=C(CCCCCCC)N1N. The summed E-state index contributed by atoms with van der Waals surface area (Å²) in [5.41, 5.74) is -0.354. The van der Waals surface area contributed by atoms with Crippen LogP contribution in [0.2, 0.25) is 0 Å². The third-order valence-corrected chi connectivity index (χ3v) is 4.37. The fourth-order valence-corrected chi connectivity index (χ4v) is 3.04. The maximum absolute atomic E-state index is 6.30. The van der Waals surface area contributed by atoms with Crippen molar-refractivity contribution >= 4 is 11.7 Å². The quantitative estimate of drug-likeness (QED) is 0.385. The van der Waals surface area contributed by atoms with Gasteiger partial charge in [-0.25, -0.2) is 15.8 Å². The summed E-state index contributed by atoms with van der Waals surface area (Å²) in [5.74, 6) is 8.34. The molecule has 0 spiro atoms. The maximum atomic E-state index is 6.30. The Bertz CT molecular complexity index is 351. The van der Waals surface area contributed by atoms with E-state index < -0.39 is 0 Å². The highest BCUT2D eigenvalue weighted by atomic mass is 15.5. The zero-order valence-corrected chi connectivity index (χ0v) is 15.9. The third kappa shape index (κ3) is 7.96. The fourth-order valence-electron chi connectivity index (χ4n) is 3.04. The minimum Gasteiger partial charge on any atom is -0.253 e. The molecule has 0 unspecified atom stereocenters. The van der Waals surface area contributed by atoms with Gasteiger partial charge >= 0.3 is 0 Å². The first-order chi connectivity index (χ1) is 11.0. The van der Waals surface area contributed by atoms with Gasteiger partial charge < -0.3 is 0 Å². The Morgan fingerprint density at radius 1 is 0.739 bits per heavy atom. The summed E-state index contributed by atoms with van der Waals surface area (Å²) in [5, 5.41) is 1.77. The van der Waals surface area contributed by atoms with Gasteiger partial charge in [0.2, 0.25) is 0 Å². The van der Waals surface area contributed by atoms with Crippen molar-refractivity contribution in [2.75, 3.05) is 0 Å². The summed E-state index contributed by atoms with van der Waals surface area (Å²) in [6, 6.07) is 0. The predicted molar refractivity (Wildman–Crippen MR) is 102 cm³/mol. The smallest absolute Gasteiger partial charge is 0.148 e. The summed E-state index contributed by atoms with van der Waals surface area (Å²) in [6.07, 6.45) is 14.7. The van der Waals surface area contributed by atoms with Gasteiger partial charge in [-0.1, -0.05) is 65.2 Å². The number of aliphatic imine (C=N–C) groups is 2. The van der Waals surface area contributed by atoms with Gasteiger partial charge in [0.05, 0.1) is 0 Å². The topological polar surface area (TPSA) is 54.0 Å². The van der Waals surface area contributed by atoms with Crippen LogP contribution < -0.4 is 5.84 Å². The number of hydrogen-bond donors (Lipinski definition) is 1. The lowest BCUT2D eigenvalue weighted by Gasteiger charge is -2.32. The molecule has 0 fully saturated rings. The molecule has 4 heteroatoms. The Kier molecular flexibility index (Phi) is 9.46. The first-order valence-electron chi connectivity index (χ1n) is 9.72. The number of nitrogens with two attached hydrogens (primary N) is 1. The molecule has 1 aliphatic heterocycles. The average molecular weight is 323 g/mol. The van der Waals surface area contributed by atoms with E-state index in [-0.39, 0.29) is 5.66 Å². The van der Waals surface area contributed by atoms with E-state index in [0.29, 0.717) is 0 Å². The molecule has 134 valence electrons. The summed E-state index contributed by atoms with van der Waals surface area (Å²) in [7, 11) is 0. The molecule has 1 rings (SSSR count). The van der Waals surface area contributed by atoms with E-state index in [9.17, 15) is 0 Å². The summed E-state index contributed by atoms with van der Waals surface area (Å²) < 4.78 is 0. The van der Waals surface area contributed by atoms with Crippen molar-refractivity contribution in [3.05, 3.63) is 0 Å². The molecule has 0 saturated carbocycles. The van der Waals surface area contributed by atoms with E-state index in [2.05, 4.69) is 27.7 Å². The Balaban J connectivity index is 2.46. The molecule has 0 radical (unpaired) electrons. The molecule has 1 aliphatic rings. The van der Waals surface area contributed by atoms with Gasteiger partial charge in [-0.05, 0) is 26.7 Å².